The highest BCUT2D eigenvalue weighted by Gasteiger charge is 2.26. The van der Waals surface area contributed by atoms with Crippen LogP contribution in [0.1, 0.15) is 44.9 Å². The number of carboxylic acids is 1. The third-order valence-electron chi connectivity index (χ3n) is 3.67. The fourth-order valence-electron chi connectivity index (χ4n) is 2.51. The molecular formula is C15H28N2O4. The lowest BCUT2D eigenvalue weighted by atomic mass is 9.98. The first-order chi connectivity index (χ1) is 9.99. The molecule has 21 heavy (non-hydrogen) atoms. The lowest BCUT2D eigenvalue weighted by Crippen LogP contribution is -2.42. The molecular weight excluding hydrogens is 272 g/mol. The zero-order chi connectivity index (χ0) is 15.7. The SMILES string of the molecule is CN(C)CCCN[C@@H](CC(=O)O)C(=O)OC1CCCCC1. The van der Waals surface area contributed by atoms with Gasteiger partial charge in [0.1, 0.15) is 12.1 Å². The van der Waals surface area contributed by atoms with Gasteiger partial charge in [-0.1, -0.05) is 6.42 Å². The predicted molar refractivity (Wildman–Crippen MR) is 80.2 cm³/mol. The Morgan fingerprint density at radius 1 is 1.29 bits per heavy atom. The second kappa shape index (κ2) is 9.73. The molecule has 1 rings (SSSR count). The lowest BCUT2D eigenvalue weighted by Gasteiger charge is -2.24. The first kappa shape index (κ1) is 17.9. The number of nitrogens with one attached hydrogen (secondary N) is 1. The van der Waals surface area contributed by atoms with Gasteiger partial charge in [0.15, 0.2) is 0 Å². The number of rotatable bonds is 9. The summed E-state index contributed by atoms with van der Waals surface area (Å²) in [6.45, 7) is 1.50. The lowest BCUT2D eigenvalue weighted by molar-refractivity contribution is -0.156. The van der Waals surface area contributed by atoms with E-state index >= 15 is 0 Å². The van der Waals surface area contributed by atoms with Crippen LogP contribution in [0.3, 0.4) is 0 Å². The second-order valence-corrected chi connectivity index (χ2v) is 5.96. The molecule has 0 aromatic rings. The molecule has 0 heterocycles. The average molecular weight is 300 g/mol. The van der Waals surface area contributed by atoms with E-state index in [0.29, 0.717) is 6.54 Å². The van der Waals surface area contributed by atoms with E-state index < -0.39 is 18.0 Å². The van der Waals surface area contributed by atoms with Crippen LogP contribution in [0.4, 0.5) is 0 Å². The maximum absolute atomic E-state index is 12.1. The van der Waals surface area contributed by atoms with Crippen LogP contribution in [0.15, 0.2) is 0 Å². The normalized spacial score (nSPS) is 17.7. The molecule has 0 spiro atoms. The van der Waals surface area contributed by atoms with E-state index in [2.05, 4.69) is 5.32 Å². The average Bonchev–Trinajstić information content (AvgIpc) is 2.42. The predicted octanol–water partition coefficient (Wildman–Crippen LogP) is 1.25. The van der Waals surface area contributed by atoms with E-state index in [1.165, 1.54) is 6.42 Å². The van der Waals surface area contributed by atoms with Crippen LogP contribution in [0.25, 0.3) is 0 Å². The molecule has 0 amide bonds. The fraction of sp³-hybridized carbons (Fsp3) is 0.867. The number of carboxylic acid groups (broad SMARTS) is 1. The van der Waals surface area contributed by atoms with Crippen LogP contribution in [0.2, 0.25) is 0 Å². The Morgan fingerprint density at radius 2 is 1.95 bits per heavy atom. The van der Waals surface area contributed by atoms with Crippen molar-refractivity contribution in [1.29, 1.82) is 0 Å². The fourth-order valence-corrected chi connectivity index (χ4v) is 2.51. The molecule has 1 fully saturated rings. The molecule has 0 radical (unpaired) electrons. The second-order valence-electron chi connectivity index (χ2n) is 5.96. The highest BCUT2D eigenvalue weighted by atomic mass is 16.5. The van der Waals surface area contributed by atoms with E-state index in [1.54, 1.807) is 0 Å². The number of esters is 1. The van der Waals surface area contributed by atoms with Gasteiger partial charge in [-0.05, 0) is 59.3 Å². The Morgan fingerprint density at radius 3 is 2.52 bits per heavy atom. The Labute approximate surface area is 126 Å². The molecule has 1 saturated carbocycles. The van der Waals surface area contributed by atoms with Crippen LogP contribution in [-0.2, 0) is 14.3 Å². The van der Waals surface area contributed by atoms with Gasteiger partial charge in [0.2, 0.25) is 0 Å². The summed E-state index contributed by atoms with van der Waals surface area (Å²) in [6, 6.07) is -0.744. The van der Waals surface area contributed by atoms with Gasteiger partial charge in [0.25, 0.3) is 0 Å². The number of ether oxygens (including phenoxy) is 1. The molecule has 0 aromatic carbocycles. The summed E-state index contributed by atoms with van der Waals surface area (Å²) in [7, 11) is 3.96. The van der Waals surface area contributed by atoms with Crippen molar-refractivity contribution in [1.82, 2.24) is 10.2 Å². The van der Waals surface area contributed by atoms with Gasteiger partial charge < -0.3 is 20.1 Å². The van der Waals surface area contributed by atoms with Crippen molar-refractivity contribution in [3.8, 4) is 0 Å². The monoisotopic (exact) mass is 300 g/mol. The highest BCUT2D eigenvalue weighted by Crippen LogP contribution is 2.20. The first-order valence-corrected chi connectivity index (χ1v) is 7.79. The Balaban J connectivity index is 2.38. The van der Waals surface area contributed by atoms with Gasteiger partial charge in [0.05, 0.1) is 6.42 Å². The molecule has 0 unspecified atom stereocenters. The van der Waals surface area contributed by atoms with Crippen molar-refractivity contribution in [2.75, 3.05) is 27.2 Å². The van der Waals surface area contributed by atoms with E-state index in [0.717, 1.165) is 38.6 Å². The zero-order valence-electron chi connectivity index (χ0n) is 13.1. The van der Waals surface area contributed by atoms with Crippen LogP contribution in [0.5, 0.6) is 0 Å². The number of hydrogen-bond donors (Lipinski definition) is 2. The highest BCUT2D eigenvalue weighted by molar-refractivity contribution is 5.82. The number of carbonyl (C=O) groups is 2. The van der Waals surface area contributed by atoms with Gasteiger partial charge >= 0.3 is 11.9 Å². The zero-order valence-corrected chi connectivity index (χ0v) is 13.1. The number of carbonyl (C=O) groups excluding carboxylic acids is 1. The van der Waals surface area contributed by atoms with Gasteiger partial charge in [-0.2, -0.15) is 0 Å². The van der Waals surface area contributed by atoms with Gasteiger partial charge in [0, 0.05) is 0 Å². The molecule has 0 aliphatic heterocycles. The van der Waals surface area contributed by atoms with Crippen molar-refractivity contribution in [3.05, 3.63) is 0 Å². The Hall–Kier alpha value is -1.14. The third kappa shape index (κ3) is 8.02. The van der Waals surface area contributed by atoms with E-state index in [1.807, 2.05) is 19.0 Å². The van der Waals surface area contributed by atoms with E-state index in [4.69, 9.17) is 9.84 Å². The van der Waals surface area contributed by atoms with Gasteiger partial charge in [-0.25, -0.2) is 0 Å². The Kier molecular flexibility index (Phi) is 8.30. The first-order valence-electron chi connectivity index (χ1n) is 7.79. The molecule has 0 saturated heterocycles. The minimum atomic E-state index is -0.985. The van der Waals surface area contributed by atoms with Crippen LogP contribution < -0.4 is 5.32 Å². The number of aliphatic carboxylic acids is 1. The molecule has 1 aliphatic rings. The minimum Gasteiger partial charge on any atom is -0.481 e. The van der Waals surface area contributed by atoms with Gasteiger partial charge in [-0.3, -0.25) is 9.59 Å². The maximum atomic E-state index is 12.1. The van der Waals surface area contributed by atoms with Crippen LogP contribution in [-0.4, -0.2) is 61.3 Å². The standard InChI is InChI=1S/C15H28N2O4/c1-17(2)10-6-9-16-13(11-14(18)19)15(20)21-12-7-4-3-5-8-12/h12-13,16H,3-11H2,1-2H3,(H,18,19)/t13-/m0/s1. The summed E-state index contributed by atoms with van der Waals surface area (Å²) in [5.41, 5.74) is 0. The summed E-state index contributed by atoms with van der Waals surface area (Å²) in [6.07, 6.45) is 5.74. The van der Waals surface area contributed by atoms with Crippen molar-refractivity contribution >= 4 is 11.9 Å². The molecule has 1 atom stereocenters. The largest absolute Gasteiger partial charge is 0.481 e. The minimum absolute atomic E-state index is 0.0360. The molecule has 6 heteroatoms. The topological polar surface area (TPSA) is 78.9 Å². The molecule has 2 N–H and O–H groups in total. The van der Waals surface area contributed by atoms with Crippen LogP contribution >= 0.6 is 0 Å². The third-order valence-corrected chi connectivity index (χ3v) is 3.67. The quantitative estimate of drug-likeness (QED) is 0.493. The molecule has 0 bridgehead atoms. The van der Waals surface area contributed by atoms with Crippen molar-refractivity contribution in [2.24, 2.45) is 0 Å². The van der Waals surface area contributed by atoms with Crippen molar-refractivity contribution in [2.45, 2.75) is 57.1 Å². The summed E-state index contributed by atoms with van der Waals surface area (Å²) in [5.74, 6) is -1.41. The smallest absolute Gasteiger partial charge is 0.324 e. The van der Waals surface area contributed by atoms with Crippen molar-refractivity contribution < 1.29 is 19.4 Å². The van der Waals surface area contributed by atoms with Crippen molar-refractivity contribution in [3.63, 3.8) is 0 Å². The summed E-state index contributed by atoms with van der Waals surface area (Å²) < 4.78 is 5.46. The molecule has 122 valence electrons. The maximum Gasteiger partial charge on any atom is 0.324 e. The summed E-state index contributed by atoms with van der Waals surface area (Å²) in [5, 5.41) is 11.9. The van der Waals surface area contributed by atoms with Crippen LogP contribution in [0, 0.1) is 0 Å². The number of nitrogens with zero attached hydrogens (tertiary/aromatic N) is 1. The number of hydrogen-bond acceptors (Lipinski definition) is 5. The van der Waals surface area contributed by atoms with Gasteiger partial charge in [-0.15, -0.1) is 0 Å². The van der Waals surface area contributed by atoms with E-state index in [-0.39, 0.29) is 12.5 Å². The molecule has 0 aromatic heterocycles. The van der Waals surface area contributed by atoms with E-state index in [9.17, 15) is 9.59 Å². The summed E-state index contributed by atoms with van der Waals surface area (Å²) >= 11 is 0. The summed E-state index contributed by atoms with van der Waals surface area (Å²) in [4.78, 5) is 25.1. The molecule has 1 aliphatic carbocycles. The Bertz CT molecular complexity index is 328. The molecule has 6 nitrogen and oxygen atoms in total.